The summed E-state index contributed by atoms with van der Waals surface area (Å²) in [6, 6.07) is -0.267. The molecule has 0 aromatic rings. The van der Waals surface area contributed by atoms with Crippen molar-refractivity contribution < 1.29 is 4.92 Å². The largest absolute Gasteiger partial charge is 0.264 e. The second-order valence-electron chi connectivity index (χ2n) is 5.31. The lowest BCUT2D eigenvalue weighted by atomic mass is 9.45. The fourth-order valence-electron chi connectivity index (χ4n) is 3.40. The van der Waals surface area contributed by atoms with E-state index in [-0.39, 0.29) is 16.9 Å². The highest BCUT2D eigenvalue weighted by atomic mass is 16.6. The molecule has 0 amide bonds. The number of rotatable bonds is 1. The van der Waals surface area contributed by atoms with Gasteiger partial charge in [0.1, 0.15) is 0 Å². The van der Waals surface area contributed by atoms with Gasteiger partial charge in [-0.15, -0.1) is 0 Å². The molecule has 3 saturated carbocycles. The van der Waals surface area contributed by atoms with E-state index in [9.17, 15) is 10.1 Å². The molecule has 0 aromatic heterocycles. The van der Waals surface area contributed by atoms with Crippen LogP contribution in [0.4, 0.5) is 0 Å². The van der Waals surface area contributed by atoms with Crippen LogP contribution in [-0.4, -0.2) is 11.0 Å². The fourth-order valence-corrected chi connectivity index (χ4v) is 3.40. The molecule has 3 aliphatic rings. The molecule has 0 unspecified atom stereocenters. The van der Waals surface area contributed by atoms with E-state index < -0.39 is 0 Å². The molecular weight excluding hydrogens is 166 g/mol. The number of fused-ring (bicyclic) bond motifs is 2. The van der Waals surface area contributed by atoms with Crippen LogP contribution in [0.2, 0.25) is 0 Å². The normalized spacial score (nSPS) is 46.7. The number of nitrogens with zero attached hydrogens (tertiary/aromatic N) is 1. The van der Waals surface area contributed by atoms with Gasteiger partial charge >= 0.3 is 0 Å². The zero-order valence-corrected chi connectivity index (χ0v) is 8.49. The molecule has 0 radical (unpaired) electrons. The summed E-state index contributed by atoms with van der Waals surface area (Å²) in [4.78, 5) is 10.7. The first kappa shape index (κ1) is 8.97. The molecule has 0 N–H and O–H groups in total. The molecule has 13 heavy (non-hydrogen) atoms. The SMILES string of the molecule is C[C@H]1[C@H]([N+](=O)[O-])C[C@@H]2C[C@H]1C2(C)C. The number of hydrogen-bond donors (Lipinski definition) is 0. The molecule has 3 nitrogen and oxygen atoms in total. The number of nitro groups is 1. The lowest BCUT2D eigenvalue weighted by molar-refractivity contribution is -0.547. The summed E-state index contributed by atoms with van der Waals surface area (Å²) < 4.78 is 0. The lowest BCUT2D eigenvalue weighted by Crippen LogP contribution is -2.58. The van der Waals surface area contributed by atoms with E-state index in [0.717, 1.165) is 6.42 Å². The van der Waals surface area contributed by atoms with Crippen molar-refractivity contribution in [3.63, 3.8) is 0 Å². The first-order valence-corrected chi connectivity index (χ1v) is 5.08. The Labute approximate surface area is 78.7 Å². The maximum absolute atomic E-state index is 10.7. The van der Waals surface area contributed by atoms with E-state index in [4.69, 9.17) is 0 Å². The minimum Gasteiger partial charge on any atom is -0.264 e. The Morgan fingerprint density at radius 3 is 2.38 bits per heavy atom. The predicted octanol–water partition coefficient (Wildman–Crippen LogP) is 2.33. The van der Waals surface area contributed by atoms with E-state index >= 15 is 0 Å². The monoisotopic (exact) mass is 183 g/mol. The van der Waals surface area contributed by atoms with Crippen molar-refractivity contribution in [3.05, 3.63) is 10.1 Å². The van der Waals surface area contributed by atoms with E-state index in [1.54, 1.807) is 0 Å². The average Bonchev–Trinajstić information content (AvgIpc) is 2.02. The summed E-state index contributed by atoms with van der Waals surface area (Å²) in [6.45, 7) is 6.58. The maximum Gasteiger partial charge on any atom is 0.216 e. The van der Waals surface area contributed by atoms with Gasteiger partial charge < -0.3 is 0 Å². The van der Waals surface area contributed by atoms with Crippen LogP contribution in [-0.2, 0) is 0 Å². The first-order valence-electron chi connectivity index (χ1n) is 5.08. The molecule has 0 saturated heterocycles. The quantitative estimate of drug-likeness (QED) is 0.462. The molecule has 4 atom stereocenters. The van der Waals surface area contributed by atoms with E-state index in [1.807, 2.05) is 0 Å². The van der Waals surface area contributed by atoms with Crippen LogP contribution in [0.5, 0.6) is 0 Å². The molecule has 0 aromatic carbocycles. The van der Waals surface area contributed by atoms with E-state index in [0.29, 0.717) is 17.3 Å². The molecule has 0 spiro atoms. The molecular formula is C10H17NO2. The second kappa shape index (κ2) is 2.46. The minimum absolute atomic E-state index is 0.0704. The molecule has 0 aliphatic heterocycles. The van der Waals surface area contributed by atoms with Crippen molar-refractivity contribution in [3.8, 4) is 0 Å². The highest BCUT2D eigenvalue weighted by Crippen LogP contribution is 2.61. The third kappa shape index (κ3) is 1.02. The summed E-state index contributed by atoms with van der Waals surface area (Å²) >= 11 is 0. The molecule has 3 aliphatic carbocycles. The van der Waals surface area contributed by atoms with Gasteiger partial charge in [0.25, 0.3) is 0 Å². The van der Waals surface area contributed by atoms with Crippen LogP contribution in [0, 0.1) is 33.3 Å². The third-order valence-corrected chi connectivity index (χ3v) is 4.58. The smallest absolute Gasteiger partial charge is 0.216 e. The lowest BCUT2D eigenvalue weighted by Gasteiger charge is -2.59. The fraction of sp³-hybridized carbons (Fsp3) is 1.00. The minimum atomic E-state index is -0.267. The van der Waals surface area contributed by atoms with Gasteiger partial charge in [-0.25, -0.2) is 0 Å². The Hall–Kier alpha value is -0.600. The zero-order chi connectivity index (χ0) is 9.80. The second-order valence-corrected chi connectivity index (χ2v) is 5.31. The van der Waals surface area contributed by atoms with E-state index in [1.165, 1.54) is 6.42 Å². The summed E-state index contributed by atoms with van der Waals surface area (Å²) in [7, 11) is 0. The standard InChI is InChI=1S/C10H17NO2/c1-6-8-4-7(10(8,2)3)5-9(6)11(12)13/h6-9H,4-5H2,1-3H3/t6-,7+,8-,9-/m1/s1. The van der Waals surface area contributed by atoms with Gasteiger partial charge in [0.15, 0.2) is 0 Å². The topological polar surface area (TPSA) is 43.1 Å². The van der Waals surface area contributed by atoms with Crippen molar-refractivity contribution >= 4 is 0 Å². The summed E-state index contributed by atoms with van der Waals surface area (Å²) in [6.07, 6.45) is 2.02. The van der Waals surface area contributed by atoms with Crippen molar-refractivity contribution in [2.75, 3.05) is 0 Å². The van der Waals surface area contributed by atoms with E-state index in [2.05, 4.69) is 20.8 Å². The van der Waals surface area contributed by atoms with Crippen LogP contribution in [0.15, 0.2) is 0 Å². The maximum atomic E-state index is 10.7. The first-order chi connectivity index (χ1) is 5.94. The van der Waals surface area contributed by atoms with Gasteiger partial charge in [0.2, 0.25) is 6.04 Å². The summed E-state index contributed by atoms with van der Waals surface area (Å²) in [5, 5.41) is 10.7. The van der Waals surface area contributed by atoms with Crippen molar-refractivity contribution in [1.29, 1.82) is 0 Å². The Morgan fingerprint density at radius 2 is 2.00 bits per heavy atom. The molecule has 0 heterocycles. The van der Waals surface area contributed by atoms with Gasteiger partial charge in [0.05, 0.1) is 0 Å². The zero-order valence-electron chi connectivity index (χ0n) is 8.49. The summed E-state index contributed by atoms with van der Waals surface area (Å²) in [5.74, 6) is 1.46. The molecule has 3 fully saturated rings. The van der Waals surface area contributed by atoms with Crippen LogP contribution in [0.1, 0.15) is 33.6 Å². The van der Waals surface area contributed by atoms with Crippen LogP contribution >= 0.6 is 0 Å². The van der Waals surface area contributed by atoms with Crippen molar-refractivity contribution in [1.82, 2.24) is 0 Å². The van der Waals surface area contributed by atoms with Crippen LogP contribution in [0.25, 0.3) is 0 Å². The van der Waals surface area contributed by atoms with Crippen LogP contribution < -0.4 is 0 Å². The van der Waals surface area contributed by atoms with Crippen molar-refractivity contribution in [2.24, 2.45) is 23.2 Å². The van der Waals surface area contributed by atoms with Gasteiger partial charge in [-0.05, 0) is 23.7 Å². The summed E-state index contributed by atoms with van der Waals surface area (Å²) in [5.41, 5.74) is 0.367. The van der Waals surface area contributed by atoms with Crippen molar-refractivity contribution in [2.45, 2.75) is 39.7 Å². The van der Waals surface area contributed by atoms with Gasteiger partial charge in [-0.1, -0.05) is 20.8 Å². The Balaban J connectivity index is 2.16. The highest BCUT2D eigenvalue weighted by Gasteiger charge is 2.59. The Kier molecular flexibility index (Phi) is 1.70. The van der Waals surface area contributed by atoms with Gasteiger partial charge in [0, 0.05) is 17.3 Å². The third-order valence-electron chi connectivity index (χ3n) is 4.58. The Bertz CT molecular complexity index is 249. The molecule has 2 bridgehead atoms. The number of hydrogen-bond acceptors (Lipinski definition) is 2. The van der Waals surface area contributed by atoms with Crippen LogP contribution in [0.3, 0.4) is 0 Å². The molecule has 3 rings (SSSR count). The molecule has 3 heteroatoms. The molecule has 74 valence electrons. The highest BCUT2D eigenvalue weighted by molar-refractivity contribution is 5.05. The average molecular weight is 183 g/mol. The van der Waals surface area contributed by atoms with Gasteiger partial charge in [-0.3, -0.25) is 10.1 Å². The Morgan fingerprint density at radius 1 is 1.38 bits per heavy atom. The van der Waals surface area contributed by atoms with Gasteiger partial charge in [-0.2, -0.15) is 0 Å². The predicted molar refractivity (Wildman–Crippen MR) is 49.9 cm³/mol.